The lowest BCUT2D eigenvalue weighted by molar-refractivity contribution is -0.138. The summed E-state index contributed by atoms with van der Waals surface area (Å²) in [6.45, 7) is 5.99. The van der Waals surface area contributed by atoms with E-state index >= 15 is 0 Å². The molecule has 0 bridgehead atoms. The molecule has 0 amide bonds. The van der Waals surface area contributed by atoms with Gasteiger partial charge in [-0.15, -0.1) is 0 Å². The van der Waals surface area contributed by atoms with Gasteiger partial charge in [-0.3, -0.25) is 9.59 Å². The highest BCUT2D eigenvalue weighted by molar-refractivity contribution is 5.97. The molecule has 0 saturated carbocycles. The molecule has 0 aliphatic heterocycles. The van der Waals surface area contributed by atoms with Gasteiger partial charge < -0.3 is 19.7 Å². The number of ether oxygens (including phenoxy) is 2. The van der Waals surface area contributed by atoms with Crippen LogP contribution in [-0.4, -0.2) is 35.2 Å². The molecule has 0 aromatic heterocycles. The summed E-state index contributed by atoms with van der Waals surface area (Å²) < 4.78 is 11.7. The molecular formula is C27H30O6. The van der Waals surface area contributed by atoms with Crippen LogP contribution in [-0.2, 0) is 11.2 Å². The van der Waals surface area contributed by atoms with Gasteiger partial charge in [0.05, 0.1) is 24.7 Å². The third kappa shape index (κ3) is 5.83. The Labute approximate surface area is 193 Å². The Hall–Kier alpha value is -3.54. The van der Waals surface area contributed by atoms with Gasteiger partial charge in [-0.2, -0.15) is 0 Å². The zero-order valence-corrected chi connectivity index (χ0v) is 19.3. The largest absolute Gasteiger partial charge is 0.507 e. The number of Topliss-reactive ketones (excluding diaryl/α,β-unsaturated/α-hetero) is 1. The Morgan fingerprint density at radius 2 is 1.67 bits per heavy atom. The Bertz CT molecular complexity index is 1150. The first kappa shape index (κ1) is 24.1. The van der Waals surface area contributed by atoms with Crippen molar-refractivity contribution >= 4 is 22.5 Å². The Morgan fingerprint density at radius 3 is 2.36 bits per heavy atom. The number of benzene rings is 3. The molecule has 0 heterocycles. The summed E-state index contributed by atoms with van der Waals surface area (Å²) in [7, 11) is 0. The summed E-state index contributed by atoms with van der Waals surface area (Å²) in [6, 6.07) is 14.7. The molecule has 0 radical (unpaired) electrons. The molecule has 0 saturated heterocycles. The van der Waals surface area contributed by atoms with Crippen molar-refractivity contribution in [2.75, 3.05) is 13.2 Å². The second-order valence-corrected chi connectivity index (χ2v) is 8.12. The lowest BCUT2D eigenvalue weighted by Crippen LogP contribution is -2.07. The van der Waals surface area contributed by atoms with Crippen LogP contribution >= 0.6 is 0 Å². The number of carbonyl (C=O) groups is 2. The monoisotopic (exact) mass is 450 g/mol. The molecule has 3 aromatic carbocycles. The normalized spacial score (nSPS) is 11.8. The number of aromatic hydroxyl groups is 1. The first-order chi connectivity index (χ1) is 15.8. The minimum absolute atomic E-state index is 0.00942. The van der Waals surface area contributed by atoms with Crippen molar-refractivity contribution in [2.45, 2.75) is 46.0 Å². The van der Waals surface area contributed by atoms with E-state index in [-0.39, 0.29) is 11.5 Å². The van der Waals surface area contributed by atoms with Gasteiger partial charge in [0.15, 0.2) is 5.78 Å². The van der Waals surface area contributed by atoms with Crippen LogP contribution in [0, 0.1) is 0 Å². The summed E-state index contributed by atoms with van der Waals surface area (Å²) in [5.74, 6) is -0.233. The average molecular weight is 451 g/mol. The molecule has 33 heavy (non-hydrogen) atoms. The molecular weight excluding hydrogens is 420 g/mol. The number of phenolic OH excluding ortho intramolecular Hbond substituents is 1. The van der Waals surface area contributed by atoms with Gasteiger partial charge in [0.2, 0.25) is 0 Å². The van der Waals surface area contributed by atoms with Crippen molar-refractivity contribution in [3.8, 4) is 17.2 Å². The number of hydrogen-bond donors (Lipinski definition) is 2. The average Bonchev–Trinajstić information content (AvgIpc) is 2.79. The quantitative estimate of drug-likeness (QED) is 0.286. The predicted octanol–water partition coefficient (Wildman–Crippen LogP) is 5.74. The highest BCUT2D eigenvalue weighted by atomic mass is 16.5. The van der Waals surface area contributed by atoms with Crippen LogP contribution in [0.2, 0.25) is 0 Å². The minimum atomic E-state index is -0.844. The van der Waals surface area contributed by atoms with Gasteiger partial charge in [-0.25, -0.2) is 0 Å². The summed E-state index contributed by atoms with van der Waals surface area (Å²) in [5, 5.41) is 21.6. The van der Waals surface area contributed by atoms with E-state index in [1.54, 1.807) is 19.1 Å². The summed E-state index contributed by atoms with van der Waals surface area (Å²) in [5.41, 5.74) is 1.75. The lowest BCUT2D eigenvalue weighted by atomic mass is 9.98. The maximum absolute atomic E-state index is 11.7. The van der Waals surface area contributed by atoms with Crippen LogP contribution < -0.4 is 9.47 Å². The molecule has 6 nitrogen and oxygen atoms in total. The van der Waals surface area contributed by atoms with Gasteiger partial charge >= 0.3 is 5.97 Å². The van der Waals surface area contributed by atoms with Gasteiger partial charge in [0.25, 0.3) is 0 Å². The van der Waals surface area contributed by atoms with Crippen LogP contribution in [0.15, 0.2) is 48.5 Å². The van der Waals surface area contributed by atoms with E-state index in [1.165, 1.54) is 6.92 Å². The SMILES string of the molecule is CCCc1c(OCCCOc2ccc3cc(C(C)C(=O)O)ccc3c2)ccc(C(C)=O)c1O. The zero-order valence-electron chi connectivity index (χ0n) is 19.3. The number of carboxylic acid groups (broad SMARTS) is 1. The Morgan fingerprint density at radius 1 is 0.970 bits per heavy atom. The number of phenols is 1. The zero-order chi connectivity index (χ0) is 24.0. The number of carboxylic acids is 1. The van der Waals surface area contributed by atoms with E-state index < -0.39 is 11.9 Å². The maximum Gasteiger partial charge on any atom is 0.310 e. The molecule has 3 rings (SSSR count). The predicted molar refractivity (Wildman–Crippen MR) is 128 cm³/mol. The van der Waals surface area contributed by atoms with Crippen molar-refractivity contribution in [3.63, 3.8) is 0 Å². The van der Waals surface area contributed by atoms with Gasteiger partial charge in [-0.1, -0.05) is 37.6 Å². The molecule has 174 valence electrons. The second kappa shape index (κ2) is 10.9. The number of hydrogen-bond acceptors (Lipinski definition) is 5. The topological polar surface area (TPSA) is 93.1 Å². The van der Waals surface area contributed by atoms with Gasteiger partial charge in [0, 0.05) is 12.0 Å². The Balaban J connectivity index is 1.57. The number of fused-ring (bicyclic) bond motifs is 1. The first-order valence-corrected chi connectivity index (χ1v) is 11.2. The van der Waals surface area contributed by atoms with Gasteiger partial charge in [0.1, 0.15) is 17.2 Å². The highest BCUT2D eigenvalue weighted by Crippen LogP contribution is 2.33. The van der Waals surface area contributed by atoms with E-state index in [4.69, 9.17) is 9.47 Å². The van der Waals surface area contributed by atoms with Crippen molar-refractivity contribution < 1.29 is 29.3 Å². The van der Waals surface area contributed by atoms with E-state index in [1.807, 2.05) is 43.3 Å². The highest BCUT2D eigenvalue weighted by Gasteiger charge is 2.16. The number of rotatable bonds is 11. The number of aliphatic carboxylic acids is 1. The van der Waals surface area contributed by atoms with Crippen molar-refractivity contribution in [3.05, 3.63) is 65.2 Å². The van der Waals surface area contributed by atoms with Crippen LogP contribution in [0.3, 0.4) is 0 Å². The van der Waals surface area contributed by atoms with Crippen molar-refractivity contribution in [1.82, 2.24) is 0 Å². The lowest BCUT2D eigenvalue weighted by Gasteiger charge is -2.15. The first-order valence-electron chi connectivity index (χ1n) is 11.2. The molecule has 1 atom stereocenters. The molecule has 3 aromatic rings. The molecule has 2 N–H and O–H groups in total. The van der Waals surface area contributed by atoms with Gasteiger partial charge in [-0.05, 0) is 60.9 Å². The van der Waals surface area contributed by atoms with E-state index in [0.29, 0.717) is 42.9 Å². The molecule has 1 unspecified atom stereocenters. The third-order valence-electron chi connectivity index (χ3n) is 5.64. The van der Waals surface area contributed by atoms with E-state index in [9.17, 15) is 19.8 Å². The summed E-state index contributed by atoms with van der Waals surface area (Å²) >= 11 is 0. The fraction of sp³-hybridized carbons (Fsp3) is 0.333. The molecule has 0 fully saturated rings. The summed E-state index contributed by atoms with van der Waals surface area (Å²) in [4.78, 5) is 22.9. The minimum Gasteiger partial charge on any atom is -0.507 e. The van der Waals surface area contributed by atoms with E-state index in [2.05, 4.69) is 0 Å². The van der Waals surface area contributed by atoms with Crippen LogP contribution in [0.5, 0.6) is 17.2 Å². The Kier molecular flexibility index (Phi) is 7.93. The molecule has 6 heteroatoms. The van der Waals surface area contributed by atoms with Crippen LogP contribution in [0.1, 0.15) is 61.0 Å². The van der Waals surface area contributed by atoms with Crippen molar-refractivity contribution in [1.29, 1.82) is 0 Å². The van der Waals surface area contributed by atoms with Crippen molar-refractivity contribution in [2.24, 2.45) is 0 Å². The maximum atomic E-state index is 11.7. The van der Waals surface area contributed by atoms with Crippen LogP contribution in [0.4, 0.5) is 0 Å². The smallest absolute Gasteiger partial charge is 0.310 e. The second-order valence-electron chi connectivity index (χ2n) is 8.12. The van der Waals surface area contributed by atoms with Crippen LogP contribution in [0.25, 0.3) is 10.8 Å². The molecule has 0 aliphatic carbocycles. The summed E-state index contributed by atoms with van der Waals surface area (Å²) in [6.07, 6.45) is 2.10. The molecule has 0 aliphatic rings. The fourth-order valence-corrected chi connectivity index (χ4v) is 3.70. The number of ketones is 1. The molecule has 0 spiro atoms. The fourth-order valence-electron chi connectivity index (χ4n) is 3.70. The third-order valence-corrected chi connectivity index (χ3v) is 5.64. The number of carbonyl (C=O) groups excluding carboxylic acids is 1. The standard InChI is InChI=1S/C27H30O6/c1-4-6-24-25(12-11-23(18(3)28)26(24)29)33-14-5-13-32-22-10-9-20-15-19(17(2)27(30)31)7-8-21(20)16-22/h7-12,15-17,29H,4-6,13-14H2,1-3H3,(H,30,31). The van der Waals surface area contributed by atoms with E-state index in [0.717, 1.165) is 28.5 Å².